The van der Waals surface area contributed by atoms with Gasteiger partial charge in [0.1, 0.15) is 0 Å². The third-order valence-electron chi connectivity index (χ3n) is 4.52. The summed E-state index contributed by atoms with van der Waals surface area (Å²) in [7, 11) is 0. The lowest BCUT2D eigenvalue weighted by Gasteiger charge is -2.17. The van der Waals surface area contributed by atoms with Crippen molar-refractivity contribution in [3.63, 3.8) is 0 Å². The third kappa shape index (κ3) is 1.74. The van der Waals surface area contributed by atoms with Crippen molar-refractivity contribution in [2.24, 2.45) is 11.8 Å². The van der Waals surface area contributed by atoms with E-state index in [0.717, 1.165) is 16.5 Å². The van der Waals surface area contributed by atoms with E-state index in [2.05, 4.69) is 0 Å². The maximum atomic E-state index is 12.7. The second kappa shape index (κ2) is 4.55. The Kier molecular flexibility index (Phi) is 2.67. The molecule has 2 aliphatic rings. The summed E-state index contributed by atoms with van der Waals surface area (Å²) in [5.74, 6) is -0.459. The first kappa shape index (κ1) is 12.3. The Labute approximate surface area is 122 Å². The number of carbonyl (C=O) groups excluding carboxylic acids is 2. The molecule has 1 aliphatic heterocycles. The van der Waals surface area contributed by atoms with Crippen LogP contribution in [0.2, 0.25) is 0 Å². The molecule has 0 saturated carbocycles. The minimum Gasteiger partial charge on any atom is -0.274 e. The second-order valence-electron chi connectivity index (χ2n) is 5.67. The number of anilines is 1. The van der Waals surface area contributed by atoms with Crippen LogP contribution in [0, 0.1) is 11.8 Å². The zero-order chi connectivity index (χ0) is 14.4. The van der Waals surface area contributed by atoms with Gasteiger partial charge in [0.15, 0.2) is 0 Å². The number of allylic oxidation sites excluding steroid dienone is 2. The van der Waals surface area contributed by atoms with E-state index < -0.39 is 0 Å². The molecule has 4 rings (SSSR count). The number of nitrogens with zero attached hydrogens (tertiary/aromatic N) is 1. The fourth-order valence-corrected chi connectivity index (χ4v) is 3.44. The summed E-state index contributed by atoms with van der Waals surface area (Å²) >= 11 is 0. The van der Waals surface area contributed by atoms with Crippen LogP contribution in [0.5, 0.6) is 0 Å². The summed E-state index contributed by atoms with van der Waals surface area (Å²) < 4.78 is 0. The molecule has 1 fully saturated rings. The highest BCUT2D eigenvalue weighted by Gasteiger charge is 2.48. The van der Waals surface area contributed by atoms with Gasteiger partial charge in [-0.1, -0.05) is 48.6 Å². The van der Waals surface area contributed by atoms with Crippen LogP contribution in [-0.4, -0.2) is 11.8 Å². The molecule has 0 bridgehead atoms. The van der Waals surface area contributed by atoms with Gasteiger partial charge < -0.3 is 0 Å². The SMILES string of the molecule is O=C1C2CC=CCC2C(=O)N1c1cccc2ccccc12. The molecule has 104 valence electrons. The zero-order valence-corrected chi connectivity index (χ0v) is 11.5. The molecule has 2 atom stereocenters. The predicted octanol–water partition coefficient (Wildman–Crippen LogP) is 3.30. The minimum absolute atomic E-state index is 0.0503. The number of amides is 2. The van der Waals surface area contributed by atoms with E-state index in [0.29, 0.717) is 12.8 Å². The maximum Gasteiger partial charge on any atom is 0.238 e. The molecule has 1 aliphatic carbocycles. The Morgan fingerprint density at radius 1 is 0.810 bits per heavy atom. The van der Waals surface area contributed by atoms with Crippen LogP contribution in [0.1, 0.15) is 12.8 Å². The van der Waals surface area contributed by atoms with Crippen molar-refractivity contribution in [3.05, 3.63) is 54.6 Å². The molecule has 2 unspecified atom stereocenters. The highest BCUT2D eigenvalue weighted by molar-refractivity contribution is 6.25. The Morgan fingerprint density at radius 2 is 1.43 bits per heavy atom. The van der Waals surface area contributed by atoms with Crippen molar-refractivity contribution in [3.8, 4) is 0 Å². The number of carbonyl (C=O) groups is 2. The van der Waals surface area contributed by atoms with E-state index in [1.165, 1.54) is 4.90 Å². The molecule has 2 amide bonds. The Hall–Kier alpha value is -2.42. The summed E-state index contributed by atoms with van der Waals surface area (Å²) in [5.41, 5.74) is 0.720. The fraction of sp³-hybridized carbons (Fsp3) is 0.222. The van der Waals surface area contributed by atoms with Crippen LogP contribution in [0.25, 0.3) is 10.8 Å². The zero-order valence-electron chi connectivity index (χ0n) is 11.5. The van der Waals surface area contributed by atoms with Gasteiger partial charge in [0, 0.05) is 5.39 Å². The van der Waals surface area contributed by atoms with Gasteiger partial charge in [0.25, 0.3) is 0 Å². The van der Waals surface area contributed by atoms with Crippen molar-refractivity contribution < 1.29 is 9.59 Å². The number of imide groups is 1. The van der Waals surface area contributed by atoms with E-state index in [-0.39, 0.29) is 23.7 Å². The molecule has 0 aromatic heterocycles. The summed E-state index contributed by atoms with van der Waals surface area (Å²) in [6.07, 6.45) is 5.38. The molecule has 1 heterocycles. The van der Waals surface area contributed by atoms with Crippen molar-refractivity contribution in [1.82, 2.24) is 0 Å². The van der Waals surface area contributed by atoms with Gasteiger partial charge in [-0.25, -0.2) is 4.90 Å². The van der Waals surface area contributed by atoms with Crippen LogP contribution in [0.15, 0.2) is 54.6 Å². The largest absolute Gasteiger partial charge is 0.274 e. The average molecular weight is 277 g/mol. The number of benzene rings is 2. The molecule has 3 heteroatoms. The Balaban J connectivity index is 1.86. The van der Waals surface area contributed by atoms with Gasteiger partial charge in [-0.05, 0) is 24.3 Å². The highest BCUT2D eigenvalue weighted by atomic mass is 16.2. The van der Waals surface area contributed by atoms with Gasteiger partial charge in [-0.2, -0.15) is 0 Å². The Morgan fingerprint density at radius 3 is 2.14 bits per heavy atom. The van der Waals surface area contributed by atoms with Gasteiger partial charge >= 0.3 is 0 Å². The van der Waals surface area contributed by atoms with Crippen molar-refractivity contribution in [1.29, 1.82) is 0 Å². The molecule has 2 aromatic carbocycles. The number of rotatable bonds is 1. The molecule has 21 heavy (non-hydrogen) atoms. The first-order valence-electron chi connectivity index (χ1n) is 7.28. The quantitative estimate of drug-likeness (QED) is 0.592. The van der Waals surface area contributed by atoms with Crippen molar-refractivity contribution in [2.45, 2.75) is 12.8 Å². The minimum atomic E-state index is -0.179. The van der Waals surface area contributed by atoms with Crippen LogP contribution in [0.4, 0.5) is 5.69 Å². The lowest BCUT2D eigenvalue weighted by molar-refractivity contribution is -0.122. The molecule has 0 radical (unpaired) electrons. The standard InChI is InChI=1S/C18H15NO2/c20-17-14-9-3-4-10-15(14)18(21)19(17)16-11-5-7-12-6-1-2-8-13(12)16/h1-8,11,14-15H,9-10H2. The van der Waals surface area contributed by atoms with E-state index in [4.69, 9.17) is 0 Å². The monoisotopic (exact) mass is 277 g/mol. The lowest BCUT2D eigenvalue weighted by Crippen LogP contribution is -2.31. The summed E-state index contributed by atoms with van der Waals surface area (Å²) in [6.45, 7) is 0. The normalized spacial score (nSPS) is 24.7. The first-order valence-corrected chi connectivity index (χ1v) is 7.28. The molecule has 0 N–H and O–H groups in total. The van der Waals surface area contributed by atoms with Crippen molar-refractivity contribution in [2.75, 3.05) is 4.90 Å². The average Bonchev–Trinajstić information content (AvgIpc) is 2.79. The number of hydrogen-bond acceptors (Lipinski definition) is 2. The molecular formula is C18H15NO2. The topological polar surface area (TPSA) is 37.4 Å². The predicted molar refractivity (Wildman–Crippen MR) is 81.8 cm³/mol. The lowest BCUT2D eigenvalue weighted by atomic mass is 9.85. The molecule has 2 aromatic rings. The van der Waals surface area contributed by atoms with Gasteiger partial charge in [0.05, 0.1) is 17.5 Å². The van der Waals surface area contributed by atoms with E-state index in [9.17, 15) is 9.59 Å². The molecule has 1 saturated heterocycles. The van der Waals surface area contributed by atoms with Gasteiger partial charge in [-0.3, -0.25) is 9.59 Å². The smallest absolute Gasteiger partial charge is 0.238 e. The summed E-state index contributed by atoms with van der Waals surface area (Å²) in [6, 6.07) is 13.6. The second-order valence-corrected chi connectivity index (χ2v) is 5.67. The van der Waals surface area contributed by atoms with E-state index >= 15 is 0 Å². The van der Waals surface area contributed by atoms with Gasteiger partial charge in [-0.15, -0.1) is 0 Å². The van der Waals surface area contributed by atoms with Crippen molar-refractivity contribution >= 4 is 28.3 Å². The van der Waals surface area contributed by atoms with Gasteiger partial charge in [0.2, 0.25) is 11.8 Å². The Bertz CT molecular complexity index is 746. The fourth-order valence-electron chi connectivity index (χ4n) is 3.44. The highest BCUT2D eigenvalue weighted by Crippen LogP contribution is 2.39. The van der Waals surface area contributed by atoms with Crippen LogP contribution < -0.4 is 4.90 Å². The maximum absolute atomic E-state index is 12.7. The number of hydrogen-bond donors (Lipinski definition) is 0. The molecule has 3 nitrogen and oxygen atoms in total. The summed E-state index contributed by atoms with van der Waals surface area (Å²) in [4.78, 5) is 26.7. The third-order valence-corrected chi connectivity index (χ3v) is 4.52. The first-order chi connectivity index (χ1) is 10.3. The summed E-state index contributed by atoms with van der Waals surface area (Å²) in [5, 5.41) is 2.00. The number of fused-ring (bicyclic) bond motifs is 2. The van der Waals surface area contributed by atoms with Crippen LogP contribution in [0.3, 0.4) is 0 Å². The molecule has 0 spiro atoms. The van der Waals surface area contributed by atoms with E-state index in [1.807, 2.05) is 54.6 Å². The van der Waals surface area contributed by atoms with E-state index in [1.54, 1.807) is 0 Å². The molecular weight excluding hydrogens is 262 g/mol. The van der Waals surface area contributed by atoms with Crippen LogP contribution in [-0.2, 0) is 9.59 Å². The van der Waals surface area contributed by atoms with Crippen LogP contribution >= 0.6 is 0 Å².